The smallest absolute Gasteiger partial charge is 0.330 e. The van der Waals surface area contributed by atoms with Crippen LogP contribution >= 0.6 is 23.5 Å². The minimum Gasteiger partial charge on any atom is -0.790 e. The fourth-order valence-corrected chi connectivity index (χ4v) is 5.67. The number of carbonyl (C=O) groups is 1. The highest BCUT2D eigenvalue weighted by atomic mass is 31.3. The number of nitrogens with zero attached hydrogens (tertiary/aromatic N) is 1. The van der Waals surface area contributed by atoms with Crippen LogP contribution in [-0.4, -0.2) is 47.9 Å². The summed E-state index contributed by atoms with van der Waals surface area (Å²) in [6, 6.07) is 0. The van der Waals surface area contributed by atoms with Gasteiger partial charge in [0, 0.05) is 12.8 Å². The van der Waals surface area contributed by atoms with E-state index < -0.39 is 59.6 Å². The van der Waals surface area contributed by atoms with Gasteiger partial charge in [0.15, 0.2) is 0 Å². The Balaban J connectivity index is 1.99. The molecular weight excluding hydrogens is 567 g/mol. The molecule has 1 aliphatic heterocycles. The molecule has 4 atom stereocenters. The van der Waals surface area contributed by atoms with Crippen molar-refractivity contribution < 1.29 is 60.7 Å². The van der Waals surface area contributed by atoms with Gasteiger partial charge in [-0.1, -0.05) is 11.8 Å². The monoisotopic (exact) mass is 587 g/mol. The van der Waals surface area contributed by atoms with Crippen LogP contribution in [0.1, 0.15) is 31.6 Å². The van der Waals surface area contributed by atoms with E-state index in [0.717, 1.165) is 10.8 Å². The largest absolute Gasteiger partial charge is 0.790 e. The fourth-order valence-electron chi connectivity index (χ4n) is 2.79. The first-order valence-corrected chi connectivity index (χ1v) is 14.5. The normalized spacial score (nSPS) is 20.9. The van der Waals surface area contributed by atoms with Gasteiger partial charge in [-0.2, -0.15) is 0 Å². The van der Waals surface area contributed by atoms with Crippen LogP contribution in [0.4, 0.5) is 0 Å². The van der Waals surface area contributed by atoms with E-state index in [0.29, 0.717) is 6.61 Å². The number of rotatable bonds is 12. The molecule has 0 spiro atoms. The second-order valence-electron chi connectivity index (χ2n) is 7.02. The first kappa shape index (κ1) is 31.3. The van der Waals surface area contributed by atoms with E-state index in [9.17, 15) is 47.7 Å². The Morgan fingerprint density at radius 2 is 1.89 bits per heavy atom. The maximum absolute atomic E-state index is 12.2. The lowest BCUT2D eigenvalue weighted by molar-refractivity contribution is -0.339. The lowest BCUT2D eigenvalue weighted by Gasteiger charge is -2.37. The number of hydrogen-bond acceptors (Lipinski definition) is 15. The molecule has 0 saturated carbocycles. The van der Waals surface area contributed by atoms with Gasteiger partial charge in [-0.3, -0.25) is 32.6 Å². The van der Waals surface area contributed by atoms with Crippen LogP contribution < -0.4 is 36.1 Å². The van der Waals surface area contributed by atoms with Crippen molar-refractivity contribution in [2.75, 3.05) is 26.4 Å². The van der Waals surface area contributed by atoms with E-state index in [1.807, 2.05) is 4.98 Å². The second-order valence-corrected chi connectivity index (χ2v) is 11.3. The topological polar surface area (TPSA) is 274 Å². The Labute approximate surface area is 208 Å². The molecule has 1 aromatic heterocycles. The predicted octanol–water partition coefficient (Wildman–Crippen LogP) is -3.47. The number of hydrogen-bond donors (Lipinski definition) is 2. The summed E-state index contributed by atoms with van der Waals surface area (Å²) in [4.78, 5) is 81.2. The lowest BCUT2D eigenvalue weighted by atomic mass is 10.2. The molecule has 1 aliphatic rings. The molecule has 18 nitrogen and oxygen atoms in total. The second kappa shape index (κ2) is 13.2. The molecule has 1 amide bonds. The van der Waals surface area contributed by atoms with Crippen LogP contribution in [0.25, 0.3) is 0 Å². The third-order valence-corrected chi connectivity index (χ3v) is 7.88. The summed E-state index contributed by atoms with van der Waals surface area (Å²) in [6.45, 7) is 0.988. The third kappa shape index (κ3) is 11.1. The Kier molecular flexibility index (Phi) is 11.2. The quantitative estimate of drug-likeness (QED) is 0.178. The Hall–Kier alpha value is -1.96. The SMILES string of the molecule is CCOCC(=O)NCC#Cc1cn([C@H]2CC[C@@H](COP(=O)([O-])OP(=O)([O-])OP(=O)([O-])[O-])O2)c(=O)[nH]c1=O. The van der Waals surface area contributed by atoms with Crippen molar-refractivity contribution in [3.05, 3.63) is 32.6 Å². The number of carbonyl (C=O) groups excluding carboxylic acids is 1. The number of ether oxygens (including phenoxy) is 2. The predicted molar refractivity (Wildman–Crippen MR) is 112 cm³/mol. The number of phosphoric acid groups is 3. The molecule has 1 fully saturated rings. The van der Waals surface area contributed by atoms with Gasteiger partial charge in [-0.05, 0) is 19.8 Å². The molecule has 21 heteroatoms. The summed E-state index contributed by atoms with van der Waals surface area (Å²) in [6.07, 6.45) is -0.687. The fraction of sp³-hybridized carbons (Fsp3) is 0.562. The Morgan fingerprint density at radius 3 is 2.54 bits per heavy atom. The van der Waals surface area contributed by atoms with Crippen molar-refractivity contribution in [1.82, 2.24) is 14.9 Å². The van der Waals surface area contributed by atoms with E-state index in [2.05, 4.69) is 30.3 Å². The molecule has 2 N–H and O–H groups in total. The van der Waals surface area contributed by atoms with Crippen LogP contribution in [0.3, 0.4) is 0 Å². The van der Waals surface area contributed by atoms with Crippen molar-refractivity contribution in [3.8, 4) is 11.8 Å². The molecule has 208 valence electrons. The highest BCUT2D eigenvalue weighted by Gasteiger charge is 2.30. The number of H-pyrrole nitrogens is 1. The van der Waals surface area contributed by atoms with E-state index in [-0.39, 0.29) is 31.6 Å². The highest BCUT2D eigenvalue weighted by Crippen LogP contribution is 2.60. The van der Waals surface area contributed by atoms with Crippen molar-refractivity contribution in [3.63, 3.8) is 0 Å². The number of nitrogens with one attached hydrogen (secondary N) is 2. The number of phosphoric ester groups is 1. The standard InChI is InChI=1S/C16H24N3O15P3/c1-2-30-10-13(20)17-7-3-4-11-8-19(16(22)18-15(11)21)14-6-5-12(32-14)9-31-36(26,27)34-37(28,29)33-35(23,24)25/h8,12,14H,2,5-7,9-10H2,1H3,(H,17,20)(H,26,27)(H,28,29)(H,18,21,22)(H2,23,24,25)/p-4/t12-,14+/m0/s1. The minimum absolute atomic E-state index is 0.102. The van der Waals surface area contributed by atoms with E-state index >= 15 is 0 Å². The van der Waals surface area contributed by atoms with Crippen LogP contribution in [-0.2, 0) is 41.1 Å². The van der Waals surface area contributed by atoms with Gasteiger partial charge in [0.05, 0.1) is 27.1 Å². The molecule has 0 aliphatic carbocycles. The summed E-state index contributed by atoms with van der Waals surface area (Å²) in [5.74, 6) is 4.61. The number of aromatic nitrogens is 2. The zero-order chi connectivity index (χ0) is 27.9. The van der Waals surface area contributed by atoms with Gasteiger partial charge in [-0.15, -0.1) is 0 Å². The maximum Gasteiger partial charge on any atom is 0.330 e. The van der Waals surface area contributed by atoms with E-state index in [1.54, 1.807) is 6.92 Å². The van der Waals surface area contributed by atoms with Crippen molar-refractivity contribution in [1.29, 1.82) is 0 Å². The molecule has 0 bridgehead atoms. The zero-order valence-electron chi connectivity index (χ0n) is 18.9. The molecule has 1 aromatic rings. The molecule has 1 saturated heterocycles. The van der Waals surface area contributed by atoms with Gasteiger partial charge in [0.2, 0.25) is 5.91 Å². The zero-order valence-corrected chi connectivity index (χ0v) is 21.6. The van der Waals surface area contributed by atoms with E-state index in [4.69, 9.17) is 9.47 Å². The Morgan fingerprint density at radius 1 is 1.19 bits per heavy atom. The number of aromatic amines is 1. The molecule has 37 heavy (non-hydrogen) atoms. The van der Waals surface area contributed by atoms with Crippen LogP contribution in [0.5, 0.6) is 0 Å². The van der Waals surface area contributed by atoms with Gasteiger partial charge < -0.3 is 43.5 Å². The summed E-state index contributed by atoms with van der Waals surface area (Å²) in [5.41, 5.74) is -1.81. The average molecular weight is 587 g/mol. The summed E-state index contributed by atoms with van der Waals surface area (Å²) in [5, 5.41) is 2.44. The molecule has 2 heterocycles. The molecule has 0 radical (unpaired) electrons. The Bertz CT molecular complexity index is 1290. The summed E-state index contributed by atoms with van der Waals surface area (Å²) < 4.78 is 55.4. The number of amides is 1. The van der Waals surface area contributed by atoms with Gasteiger partial charge in [0.1, 0.15) is 18.4 Å². The third-order valence-electron chi connectivity index (χ3n) is 4.22. The van der Waals surface area contributed by atoms with E-state index in [1.165, 1.54) is 0 Å². The minimum atomic E-state index is -6.12. The highest BCUT2D eigenvalue weighted by molar-refractivity contribution is 7.64. The molecule has 2 unspecified atom stereocenters. The van der Waals surface area contributed by atoms with Crippen LogP contribution in [0.2, 0.25) is 0 Å². The lowest BCUT2D eigenvalue weighted by Crippen LogP contribution is -2.34. The first-order chi connectivity index (χ1) is 17.1. The maximum atomic E-state index is 12.2. The van der Waals surface area contributed by atoms with Gasteiger partial charge >= 0.3 is 5.69 Å². The van der Waals surface area contributed by atoms with Gasteiger partial charge in [-0.25, -0.2) is 9.11 Å². The van der Waals surface area contributed by atoms with Crippen molar-refractivity contribution >= 4 is 29.4 Å². The van der Waals surface area contributed by atoms with Crippen LogP contribution in [0.15, 0.2) is 15.8 Å². The summed E-state index contributed by atoms with van der Waals surface area (Å²) in [7, 11) is -17.9. The molecular formula is C16H20N3O15P3-4. The van der Waals surface area contributed by atoms with Crippen molar-refractivity contribution in [2.45, 2.75) is 32.1 Å². The van der Waals surface area contributed by atoms with Gasteiger partial charge in [0.25, 0.3) is 21.2 Å². The first-order valence-electron chi connectivity index (χ1n) is 10.2. The molecule has 0 aromatic carbocycles. The van der Waals surface area contributed by atoms with Crippen molar-refractivity contribution in [2.24, 2.45) is 0 Å². The average Bonchev–Trinajstić information content (AvgIpc) is 3.21. The summed E-state index contributed by atoms with van der Waals surface area (Å²) >= 11 is 0. The molecule has 2 rings (SSSR count). The van der Waals surface area contributed by atoms with Crippen LogP contribution in [0, 0.1) is 11.8 Å².